The van der Waals surface area contributed by atoms with Crippen LogP contribution in [0.3, 0.4) is 0 Å². The van der Waals surface area contributed by atoms with Crippen molar-refractivity contribution in [2.75, 3.05) is 13.6 Å². The van der Waals surface area contributed by atoms with Crippen LogP contribution in [0.5, 0.6) is 0 Å². The number of alkyl halides is 3. The molecule has 0 saturated carbocycles. The molecule has 13 heteroatoms. The summed E-state index contributed by atoms with van der Waals surface area (Å²) in [6.45, 7) is 1.60. The van der Waals surface area contributed by atoms with Gasteiger partial charge in [-0.2, -0.15) is 13.2 Å². The molecule has 0 saturated heterocycles. The van der Waals surface area contributed by atoms with Gasteiger partial charge in [0, 0.05) is 18.0 Å². The second-order valence-electron chi connectivity index (χ2n) is 8.91. The number of fused-ring (bicyclic) bond motifs is 1. The van der Waals surface area contributed by atoms with Crippen molar-refractivity contribution in [3.63, 3.8) is 0 Å². The fourth-order valence-electron chi connectivity index (χ4n) is 4.07. The molecule has 2 aromatic carbocycles. The van der Waals surface area contributed by atoms with Gasteiger partial charge in [-0.1, -0.05) is 24.3 Å². The molecule has 1 aliphatic heterocycles. The normalized spacial score (nSPS) is 17.2. The Morgan fingerprint density at radius 2 is 1.56 bits per heavy atom. The van der Waals surface area contributed by atoms with E-state index in [9.17, 15) is 27.2 Å². The van der Waals surface area contributed by atoms with Gasteiger partial charge in [0.25, 0.3) is 0 Å². The largest absolute Gasteiger partial charge is 0.479 e. The first-order valence-electron chi connectivity index (χ1n) is 11.6. The second kappa shape index (κ2) is 12.3. The number of rotatable bonds is 5. The number of benzene rings is 2. The van der Waals surface area contributed by atoms with Crippen LogP contribution in [0.25, 0.3) is 11.3 Å². The first kappa shape index (κ1) is 29.6. The molecule has 9 nitrogen and oxygen atoms in total. The Bertz CT molecular complexity index is 1280. The number of halogens is 4. The number of aliphatic hydroxyl groups excluding tert-OH is 2. The molecule has 1 unspecified atom stereocenters. The van der Waals surface area contributed by atoms with Crippen LogP contribution in [0.1, 0.15) is 34.7 Å². The molecular weight excluding hydrogens is 526 g/mol. The predicted molar refractivity (Wildman–Crippen MR) is 129 cm³/mol. The highest BCUT2D eigenvalue weighted by Crippen LogP contribution is 2.36. The molecule has 39 heavy (non-hydrogen) atoms. The van der Waals surface area contributed by atoms with E-state index < -0.39 is 36.0 Å². The molecule has 0 spiro atoms. The van der Waals surface area contributed by atoms with Crippen molar-refractivity contribution in [3.05, 3.63) is 82.8 Å². The molecule has 3 atom stereocenters. The van der Waals surface area contributed by atoms with Gasteiger partial charge in [0.2, 0.25) is 0 Å². The van der Waals surface area contributed by atoms with E-state index in [2.05, 4.69) is 15.1 Å². The molecule has 3 aromatic rings. The van der Waals surface area contributed by atoms with E-state index in [1.54, 1.807) is 0 Å². The van der Waals surface area contributed by atoms with E-state index in [1.807, 2.05) is 37.4 Å². The lowest BCUT2D eigenvalue weighted by Gasteiger charge is -2.18. The average Bonchev–Trinajstić information content (AvgIpc) is 3.05. The summed E-state index contributed by atoms with van der Waals surface area (Å²) in [6, 6.07) is 14.7. The third kappa shape index (κ3) is 7.56. The Morgan fingerprint density at radius 1 is 0.949 bits per heavy atom. The lowest BCUT2D eigenvalue weighted by molar-refractivity contribution is -0.165. The number of aromatic nitrogens is 2. The van der Waals surface area contributed by atoms with E-state index >= 15 is 0 Å². The Morgan fingerprint density at radius 3 is 2.08 bits per heavy atom. The summed E-state index contributed by atoms with van der Waals surface area (Å²) in [5.41, 5.74) is 3.38. The zero-order valence-corrected chi connectivity index (χ0v) is 20.5. The third-order valence-corrected chi connectivity index (χ3v) is 6.09. The van der Waals surface area contributed by atoms with Crippen LogP contribution in [0.4, 0.5) is 17.6 Å². The molecule has 208 valence electrons. The van der Waals surface area contributed by atoms with E-state index in [0.717, 1.165) is 47.8 Å². The maximum Gasteiger partial charge on any atom is 0.435 e. The van der Waals surface area contributed by atoms with Gasteiger partial charge in [0.1, 0.15) is 5.82 Å². The minimum Gasteiger partial charge on any atom is -0.479 e. The second-order valence-corrected chi connectivity index (χ2v) is 8.91. The van der Waals surface area contributed by atoms with E-state index in [4.69, 9.17) is 20.4 Å². The number of carboxylic acid groups (broad SMARTS) is 2. The molecule has 0 aliphatic carbocycles. The highest BCUT2D eigenvalue weighted by Gasteiger charge is 2.33. The highest BCUT2D eigenvalue weighted by atomic mass is 19.4. The molecule has 0 amide bonds. The van der Waals surface area contributed by atoms with Gasteiger partial charge < -0.3 is 25.3 Å². The van der Waals surface area contributed by atoms with Crippen molar-refractivity contribution in [1.29, 1.82) is 0 Å². The number of aliphatic carboxylic acids is 2. The standard InChI is InChI=1S/C22H19F4N3.C4H6O6/c1-29-11-10-19(14-2-5-17(23)6-3-14)18-7-4-15(12-16(18)13-29)20-8-9-21(28-27-20)22(24,25)26;5-1(3(7)8)2(6)4(9)10/h2-9,12,19H,10-11,13H2,1H3;1-2,5-6H,(H,7,8)(H,9,10)/t;1-,2-/m.1/s1. The Kier molecular flexibility index (Phi) is 9.32. The topological polar surface area (TPSA) is 144 Å². The average molecular weight is 551 g/mol. The number of aliphatic hydroxyl groups is 2. The smallest absolute Gasteiger partial charge is 0.435 e. The zero-order chi connectivity index (χ0) is 28.9. The third-order valence-electron chi connectivity index (χ3n) is 6.09. The lowest BCUT2D eigenvalue weighted by atomic mass is 9.86. The fraction of sp³-hybridized carbons (Fsp3) is 0.308. The first-order valence-corrected chi connectivity index (χ1v) is 11.6. The van der Waals surface area contributed by atoms with Crippen molar-refractivity contribution >= 4 is 11.9 Å². The molecule has 1 aromatic heterocycles. The highest BCUT2D eigenvalue weighted by molar-refractivity contribution is 5.83. The number of carboxylic acids is 2. The van der Waals surface area contributed by atoms with E-state index in [1.165, 1.54) is 18.2 Å². The van der Waals surface area contributed by atoms with Crippen LogP contribution in [-0.2, 0) is 22.3 Å². The van der Waals surface area contributed by atoms with Crippen molar-refractivity contribution in [3.8, 4) is 11.3 Å². The molecule has 4 N–H and O–H groups in total. The minimum absolute atomic E-state index is 0.128. The van der Waals surface area contributed by atoms with E-state index in [-0.39, 0.29) is 11.7 Å². The zero-order valence-electron chi connectivity index (χ0n) is 20.5. The summed E-state index contributed by atoms with van der Waals surface area (Å²) < 4.78 is 51.5. The maximum atomic E-state index is 13.3. The van der Waals surface area contributed by atoms with Gasteiger partial charge in [0.05, 0.1) is 5.69 Å². The molecular formula is C26H25F4N3O6. The molecule has 1 aliphatic rings. The number of hydrogen-bond acceptors (Lipinski definition) is 7. The van der Waals surface area contributed by atoms with E-state index in [0.29, 0.717) is 5.69 Å². The Balaban J connectivity index is 0.000000360. The first-order chi connectivity index (χ1) is 18.3. The lowest BCUT2D eigenvalue weighted by Crippen LogP contribution is -2.39. The van der Waals surface area contributed by atoms with Gasteiger partial charge in [0.15, 0.2) is 17.9 Å². The summed E-state index contributed by atoms with van der Waals surface area (Å²) >= 11 is 0. The SMILES string of the molecule is CN1CCC(c2ccc(F)cc2)c2ccc(-c3ccc(C(F)(F)F)nn3)cc2C1.O=C(O)[C@H](O)[C@@H](O)C(=O)O. The van der Waals surface area contributed by atoms with Gasteiger partial charge >= 0.3 is 18.1 Å². The van der Waals surface area contributed by atoms with Crippen molar-refractivity contribution in [2.45, 2.75) is 37.3 Å². The summed E-state index contributed by atoms with van der Waals surface area (Å²) in [6.07, 6.45) is -8.14. The van der Waals surface area contributed by atoms with Crippen LogP contribution in [0.2, 0.25) is 0 Å². The number of hydrogen-bond donors (Lipinski definition) is 4. The van der Waals surface area contributed by atoms with Gasteiger partial charge in [-0.3, -0.25) is 0 Å². The monoisotopic (exact) mass is 551 g/mol. The number of carbonyl (C=O) groups is 2. The molecule has 4 rings (SSSR count). The number of nitrogens with zero attached hydrogens (tertiary/aromatic N) is 3. The Labute approximate surface area is 220 Å². The van der Waals surface area contributed by atoms with Crippen LogP contribution in [0.15, 0.2) is 54.6 Å². The quantitative estimate of drug-likeness (QED) is 0.352. The van der Waals surface area contributed by atoms with Crippen molar-refractivity contribution in [1.82, 2.24) is 15.1 Å². The van der Waals surface area contributed by atoms with Crippen LogP contribution in [-0.4, -0.2) is 73.3 Å². The summed E-state index contributed by atoms with van der Waals surface area (Å²) in [5, 5.41) is 39.6. The van der Waals surface area contributed by atoms with Crippen molar-refractivity contribution in [2.24, 2.45) is 0 Å². The summed E-state index contributed by atoms with van der Waals surface area (Å²) in [5.74, 6) is -3.68. The summed E-state index contributed by atoms with van der Waals surface area (Å²) in [7, 11) is 2.03. The molecule has 0 bridgehead atoms. The van der Waals surface area contributed by atoms with Crippen LogP contribution in [0, 0.1) is 5.82 Å². The minimum atomic E-state index is -4.51. The van der Waals surface area contributed by atoms with Gasteiger partial charge in [-0.15, -0.1) is 10.2 Å². The van der Waals surface area contributed by atoms with Gasteiger partial charge in [-0.25, -0.2) is 14.0 Å². The van der Waals surface area contributed by atoms with Crippen LogP contribution < -0.4 is 0 Å². The molecule has 2 heterocycles. The van der Waals surface area contributed by atoms with Crippen LogP contribution >= 0.6 is 0 Å². The maximum absolute atomic E-state index is 13.3. The fourth-order valence-corrected chi connectivity index (χ4v) is 4.07. The summed E-state index contributed by atoms with van der Waals surface area (Å²) in [4.78, 5) is 21.7. The predicted octanol–water partition coefficient (Wildman–Crippen LogP) is 3.15. The molecule has 0 fully saturated rings. The molecule has 0 radical (unpaired) electrons. The van der Waals surface area contributed by atoms with Crippen molar-refractivity contribution < 1.29 is 47.6 Å². The van der Waals surface area contributed by atoms with Gasteiger partial charge in [-0.05, 0) is 67.0 Å². The Hall–Kier alpha value is -3.94.